The number of phosphoric ester groups is 1. The highest BCUT2D eigenvalue weighted by Crippen LogP contribution is 2.64. The first-order valence-corrected chi connectivity index (χ1v) is 4.89. The van der Waals surface area contributed by atoms with Gasteiger partial charge in [0, 0.05) is 7.11 Å². The molecule has 1 saturated heterocycles. The monoisotopic (exact) mass is 208 g/mol. The minimum Gasteiger partial charge on any atom is -0.290 e. The SMILES string of the molecule is [B]C1(F)OP(=O)(OC)OC1([B])P. The Morgan fingerprint density at radius 3 is 2.25 bits per heavy atom. The maximum atomic E-state index is 13.1. The molecule has 0 N–H and O–H groups in total. The molecule has 1 aliphatic rings. The number of hydrogen-bond acceptors (Lipinski definition) is 4. The van der Waals surface area contributed by atoms with Gasteiger partial charge in [0.05, 0.1) is 5.24 Å². The standard InChI is InChI=1S/C3H5B2FO4P2/c1-8-12(7)9-2(4,6)3(5,11)10-12/h11H2,1H3. The zero-order valence-corrected chi connectivity index (χ0v) is 8.24. The van der Waals surface area contributed by atoms with Crippen molar-refractivity contribution >= 4 is 32.8 Å². The number of halogens is 1. The normalized spacial score (nSPS) is 54.2. The van der Waals surface area contributed by atoms with Crippen LogP contribution >= 0.6 is 17.1 Å². The summed E-state index contributed by atoms with van der Waals surface area (Å²) >= 11 is 0. The summed E-state index contributed by atoms with van der Waals surface area (Å²) in [5.74, 6) is -2.84. The molecule has 0 aromatic heterocycles. The topological polar surface area (TPSA) is 44.8 Å². The molecule has 0 aliphatic carbocycles. The van der Waals surface area contributed by atoms with E-state index >= 15 is 0 Å². The molecule has 4 nitrogen and oxygen atoms in total. The molecule has 0 amide bonds. The van der Waals surface area contributed by atoms with Gasteiger partial charge >= 0.3 is 7.82 Å². The highest BCUT2D eigenvalue weighted by Gasteiger charge is 2.58. The third kappa shape index (κ3) is 1.61. The molecule has 12 heavy (non-hydrogen) atoms. The third-order valence-corrected chi connectivity index (χ3v) is 3.44. The van der Waals surface area contributed by atoms with Crippen LogP contribution in [-0.4, -0.2) is 33.8 Å². The summed E-state index contributed by atoms with van der Waals surface area (Å²) < 4.78 is 37.1. The average Bonchev–Trinajstić information content (AvgIpc) is 1.99. The smallest absolute Gasteiger partial charge is 0.290 e. The van der Waals surface area contributed by atoms with E-state index in [0.29, 0.717) is 0 Å². The minimum atomic E-state index is -3.94. The van der Waals surface area contributed by atoms with Gasteiger partial charge in [0.1, 0.15) is 7.85 Å². The zero-order chi connectivity index (χ0) is 9.62. The van der Waals surface area contributed by atoms with E-state index in [1.165, 1.54) is 0 Å². The van der Waals surface area contributed by atoms with Crippen molar-refractivity contribution < 1.29 is 22.5 Å². The predicted molar refractivity (Wildman–Crippen MR) is 44.6 cm³/mol. The predicted octanol–water partition coefficient (Wildman–Crippen LogP) is 0.277. The molecule has 0 bridgehead atoms. The quantitative estimate of drug-likeness (QED) is 0.458. The van der Waals surface area contributed by atoms with Gasteiger partial charge in [-0.15, -0.1) is 9.24 Å². The van der Waals surface area contributed by atoms with Crippen LogP contribution in [0.1, 0.15) is 0 Å². The second-order valence-electron chi connectivity index (χ2n) is 2.25. The molecule has 1 aliphatic heterocycles. The number of rotatable bonds is 1. The lowest BCUT2D eigenvalue weighted by Crippen LogP contribution is -2.44. The Morgan fingerprint density at radius 2 is 2.08 bits per heavy atom. The lowest BCUT2D eigenvalue weighted by molar-refractivity contribution is 0.00791. The molecule has 0 aromatic carbocycles. The van der Waals surface area contributed by atoms with Gasteiger partial charge in [-0.2, -0.15) is 0 Å². The van der Waals surface area contributed by atoms with Gasteiger partial charge in [-0.05, 0) is 0 Å². The Balaban J connectivity index is 2.96. The van der Waals surface area contributed by atoms with Gasteiger partial charge in [0.25, 0.3) is 0 Å². The van der Waals surface area contributed by atoms with Crippen molar-refractivity contribution in [1.82, 2.24) is 0 Å². The van der Waals surface area contributed by atoms with Crippen molar-refractivity contribution in [1.29, 1.82) is 0 Å². The van der Waals surface area contributed by atoms with Crippen LogP contribution in [0.25, 0.3) is 0 Å². The van der Waals surface area contributed by atoms with Gasteiger partial charge in [0.2, 0.25) is 0 Å². The fourth-order valence-corrected chi connectivity index (χ4v) is 2.27. The molecule has 9 heteroatoms. The molecule has 0 aromatic rings. The second-order valence-corrected chi connectivity index (χ2v) is 4.73. The van der Waals surface area contributed by atoms with E-state index < -0.39 is 18.8 Å². The molecule has 1 heterocycles. The number of alkyl halides is 1. The lowest BCUT2D eigenvalue weighted by atomic mass is 9.79. The Morgan fingerprint density at radius 1 is 1.58 bits per heavy atom. The van der Waals surface area contributed by atoms with Crippen LogP contribution in [0.2, 0.25) is 0 Å². The van der Waals surface area contributed by atoms with E-state index in [1.54, 1.807) is 9.24 Å². The zero-order valence-electron chi connectivity index (χ0n) is 6.19. The molecule has 0 spiro atoms. The molecule has 0 saturated carbocycles. The van der Waals surface area contributed by atoms with Crippen molar-refractivity contribution in [3.8, 4) is 0 Å². The van der Waals surface area contributed by atoms with E-state index in [0.717, 1.165) is 7.11 Å². The van der Waals surface area contributed by atoms with Crippen LogP contribution in [0.5, 0.6) is 0 Å². The lowest BCUT2D eigenvalue weighted by Gasteiger charge is -2.25. The van der Waals surface area contributed by atoms with Crippen molar-refractivity contribution in [2.45, 2.75) is 11.0 Å². The van der Waals surface area contributed by atoms with E-state index in [4.69, 9.17) is 15.7 Å². The summed E-state index contributed by atoms with van der Waals surface area (Å²) in [6.07, 6.45) is 0. The summed E-state index contributed by atoms with van der Waals surface area (Å²) in [5.41, 5.74) is 0. The van der Waals surface area contributed by atoms with Gasteiger partial charge in [-0.25, -0.2) is 8.96 Å². The molecular weight excluding hydrogens is 203 g/mol. The molecule has 1 rings (SSSR count). The first kappa shape index (κ1) is 10.7. The summed E-state index contributed by atoms with van der Waals surface area (Å²) in [6, 6.07) is 0. The van der Waals surface area contributed by atoms with Crippen molar-refractivity contribution in [2.75, 3.05) is 7.11 Å². The molecule has 4 radical (unpaired) electrons. The van der Waals surface area contributed by atoms with Crippen molar-refractivity contribution in [2.24, 2.45) is 0 Å². The minimum absolute atomic E-state index is 1.03. The highest BCUT2D eigenvalue weighted by atomic mass is 31.2. The number of hydrogen-bond donors (Lipinski definition) is 0. The average molecular weight is 208 g/mol. The summed E-state index contributed by atoms with van der Waals surface area (Å²) in [7, 11) is 8.91. The third-order valence-electron chi connectivity index (χ3n) is 1.26. The highest BCUT2D eigenvalue weighted by molar-refractivity contribution is 7.49. The Labute approximate surface area is 74.2 Å². The van der Waals surface area contributed by atoms with Crippen LogP contribution < -0.4 is 0 Å². The van der Waals surface area contributed by atoms with Crippen LogP contribution in [-0.2, 0) is 18.1 Å². The van der Waals surface area contributed by atoms with Crippen molar-refractivity contribution in [3.63, 3.8) is 0 Å². The summed E-state index contributed by atoms with van der Waals surface area (Å²) in [6.45, 7) is 0. The molecule has 4 atom stereocenters. The molecule has 64 valence electrons. The van der Waals surface area contributed by atoms with Gasteiger partial charge in [-0.3, -0.25) is 13.6 Å². The summed E-state index contributed by atoms with van der Waals surface area (Å²) in [4.78, 5) is 0. The van der Waals surface area contributed by atoms with Gasteiger partial charge < -0.3 is 0 Å². The van der Waals surface area contributed by atoms with Crippen molar-refractivity contribution in [3.05, 3.63) is 0 Å². The van der Waals surface area contributed by atoms with Crippen LogP contribution in [0.15, 0.2) is 0 Å². The first-order valence-electron chi connectivity index (χ1n) is 2.85. The fraction of sp³-hybridized carbons (Fsp3) is 1.00. The van der Waals surface area contributed by atoms with Gasteiger partial charge in [0.15, 0.2) is 13.6 Å². The largest absolute Gasteiger partial charge is 0.477 e. The van der Waals surface area contributed by atoms with E-state index in [-0.39, 0.29) is 0 Å². The fourth-order valence-electron chi connectivity index (χ4n) is 0.574. The molecular formula is C3H5B2FO4P2. The Hall–Kier alpha value is 0.600. The van der Waals surface area contributed by atoms with Crippen LogP contribution in [0.4, 0.5) is 4.39 Å². The summed E-state index contributed by atoms with van der Waals surface area (Å²) in [5, 5.41) is -2.06. The van der Waals surface area contributed by atoms with Gasteiger partial charge in [-0.1, -0.05) is 0 Å². The first-order chi connectivity index (χ1) is 5.22. The van der Waals surface area contributed by atoms with Crippen LogP contribution in [0.3, 0.4) is 0 Å². The maximum absolute atomic E-state index is 13.1. The maximum Gasteiger partial charge on any atom is 0.477 e. The van der Waals surface area contributed by atoms with Crippen LogP contribution in [0, 0.1) is 0 Å². The Bertz CT molecular complexity index is 224. The van der Waals surface area contributed by atoms with E-state index in [1.807, 2.05) is 0 Å². The van der Waals surface area contributed by atoms with E-state index in [9.17, 15) is 8.96 Å². The molecule has 4 unspecified atom stereocenters. The molecule has 1 fully saturated rings. The Kier molecular flexibility index (Phi) is 2.49. The van der Waals surface area contributed by atoms with E-state index in [2.05, 4.69) is 13.6 Å². The second kappa shape index (κ2) is 2.79. The number of phosphoric acid groups is 1.